The first-order chi connectivity index (χ1) is 21.8. The van der Waals surface area contributed by atoms with Gasteiger partial charge in [0.05, 0.1) is 0 Å². The van der Waals surface area contributed by atoms with Crippen LogP contribution >= 0.6 is 0 Å². The lowest BCUT2D eigenvalue weighted by Gasteiger charge is -2.60. The van der Waals surface area contributed by atoms with Gasteiger partial charge in [-0.1, -0.05) is 0 Å². The minimum Gasteiger partial charge on any atom is -0.374 e. The van der Waals surface area contributed by atoms with Crippen LogP contribution in [0.4, 0.5) is 0 Å². The van der Waals surface area contributed by atoms with Gasteiger partial charge >= 0.3 is 123 Å². The van der Waals surface area contributed by atoms with E-state index >= 15 is 0 Å². The second-order valence-corrected chi connectivity index (χ2v) is 55.5. The van der Waals surface area contributed by atoms with Crippen molar-refractivity contribution in [3.63, 3.8) is 0 Å². The summed E-state index contributed by atoms with van der Waals surface area (Å²) in [5, 5.41) is 0. The van der Waals surface area contributed by atoms with Gasteiger partial charge in [0.2, 0.25) is 0 Å². The molecule has 0 unspecified atom stereocenters. The summed E-state index contributed by atoms with van der Waals surface area (Å²) in [5.74, 6) is 0. The molecule has 0 radical (unpaired) electrons. The van der Waals surface area contributed by atoms with Gasteiger partial charge in [-0.2, -0.15) is 0 Å². The molecular formula is C14H42O21Si14. The predicted molar refractivity (Wildman–Crippen MR) is 185 cm³/mol. The maximum atomic E-state index is 6.39. The molecule has 14 bridgehead atoms. The van der Waals surface area contributed by atoms with Crippen LogP contribution in [0.15, 0.2) is 0 Å². The average molecular weight is 940 g/mol. The first-order valence-corrected chi connectivity index (χ1v) is 46.7. The molecule has 0 aromatic carbocycles. The molecule has 11 aliphatic rings. The maximum absolute atomic E-state index is 6.39. The van der Waals surface area contributed by atoms with E-state index in [9.17, 15) is 0 Å². The number of hydrogen-bond acceptors (Lipinski definition) is 21. The van der Waals surface area contributed by atoms with Crippen LogP contribution < -0.4 is 0 Å². The second-order valence-electron chi connectivity index (χ2n) is 14.2. The van der Waals surface area contributed by atoms with Crippen molar-refractivity contribution >= 4 is 123 Å². The zero-order valence-corrected chi connectivity index (χ0v) is 43.6. The van der Waals surface area contributed by atoms with Crippen LogP contribution in [0.3, 0.4) is 0 Å². The zero-order chi connectivity index (χ0) is 35.8. The first-order valence-electron chi connectivity index (χ1n) is 15.6. The molecule has 11 saturated heterocycles. The fraction of sp³-hybridized carbons (Fsp3) is 1.00. The Balaban J connectivity index is 0.000000148. The van der Waals surface area contributed by atoms with Crippen molar-refractivity contribution in [2.45, 2.75) is 91.7 Å². The second kappa shape index (κ2) is 10.6. The van der Waals surface area contributed by atoms with Crippen LogP contribution in [0.25, 0.3) is 0 Å². The molecule has 35 heteroatoms. The maximum Gasteiger partial charge on any atom is 0.475 e. The van der Waals surface area contributed by atoms with Crippen molar-refractivity contribution in [3.05, 3.63) is 0 Å². The Labute approximate surface area is 299 Å². The summed E-state index contributed by atoms with van der Waals surface area (Å²) in [6.45, 7) is 24.9. The van der Waals surface area contributed by atoms with Crippen LogP contribution in [-0.4, -0.2) is 123 Å². The monoisotopic (exact) mass is 938 g/mol. The van der Waals surface area contributed by atoms with E-state index < -0.39 is 123 Å². The summed E-state index contributed by atoms with van der Waals surface area (Å²) in [6.07, 6.45) is 0. The molecule has 49 heavy (non-hydrogen) atoms. The van der Waals surface area contributed by atoms with E-state index in [0.29, 0.717) is 0 Å². The Bertz CT molecular complexity index is 1090. The summed E-state index contributed by atoms with van der Waals surface area (Å²) in [7, 11) is -45.2. The molecule has 11 aliphatic heterocycles. The fourth-order valence-electron chi connectivity index (χ4n) is 7.95. The van der Waals surface area contributed by atoms with Gasteiger partial charge in [-0.05, 0) is 0 Å². The minimum atomic E-state index is -3.40. The van der Waals surface area contributed by atoms with Crippen LogP contribution in [0.1, 0.15) is 0 Å². The summed E-state index contributed by atoms with van der Waals surface area (Å²) in [5.41, 5.74) is 0. The summed E-state index contributed by atoms with van der Waals surface area (Å²) < 4.78 is 132. The van der Waals surface area contributed by atoms with E-state index in [1.54, 1.807) is 52.4 Å². The Morgan fingerprint density at radius 2 is 0.163 bits per heavy atom. The van der Waals surface area contributed by atoms with E-state index in [0.717, 1.165) is 0 Å². The molecule has 0 saturated carbocycles. The summed E-state index contributed by atoms with van der Waals surface area (Å²) in [6, 6.07) is 0. The standard InChI is InChI=1S/C8H24O12Si8.C6H18O9Si6/c1-21-9-22(2)12-25(5)14-23(3,10-21)16-27(7)17-24(4,11-21)15-26(6,13-22)19-28(8,18-25)20-27;1-16-7-17(2)9-18(3,8-16)15-21(6)11-19(4,13-16)10-20(5,12-21)14-17/h1-8H3;1-6H3. The van der Waals surface area contributed by atoms with Crippen LogP contribution in [0.5, 0.6) is 0 Å². The van der Waals surface area contributed by atoms with Crippen LogP contribution in [0, 0.1) is 0 Å². The van der Waals surface area contributed by atoms with E-state index in [-0.39, 0.29) is 0 Å². The first kappa shape index (κ1) is 38.1. The van der Waals surface area contributed by atoms with Crippen molar-refractivity contribution in [1.82, 2.24) is 0 Å². The molecule has 0 spiro atoms. The van der Waals surface area contributed by atoms with E-state index in [2.05, 4.69) is 0 Å². The normalized spacial score (nSPS) is 66.0. The third kappa shape index (κ3) is 7.09. The molecule has 11 heterocycles. The smallest absolute Gasteiger partial charge is 0.374 e. The fourth-order valence-corrected chi connectivity index (χ4v) is 87.3. The largest absolute Gasteiger partial charge is 0.475 e. The third-order valence-electron chi connectivity index (χ3n) is 7.79. The number of hydrogen-bond donors (Lipinski definition) is 0. The molecule has 0 atom stereocenters. The third-order valence-corrected chi connectivity index (χ3v) is 70.1. The predicted octanol–water partition coefficient (Wildman–Crippen LogP) is 1.41. The van der Waals surface area contributed by atoms with E-state index in [4.69, 9.17) is 86.4 Å². The Morgan fingerprint density at radius 3 is 0.204 bits per heavy atom. The molecule has 0 N–H and O–H groups in total. The van der Waals surface area contributed by atoms with Crippen LogP contribution in [-0.2, 0) is 86.4 Å². The van der Waals surface area contributed by atoms with Crippen LogP contribution in [0.2, 0.25) is 91.7 Å². The van der Waals surface area contributed by atoms with Gasteiger partial charge in [0.15, 0.2) is 0 Å². The van der Waals surface area contributed by atoms with Gasteiger partial charge in [-0.3, -0.25) is 0 Å². The Morgan fingerprint density at radius 1 is 0.122 bits per heavy atom. The summed E-state index contributed by atoms with van der Waals surface area (Å²) in [4.78, 5) is 0. The van der Waals surface area contributed by atoms with Crippen molar-refractivity contribution in [2.75, 3.05) is 0 Å². The average Bonchev–Trinajstić information content (AvgIpc) is 2.65. The van der Waals surface area contributed by atoms with Gasteiger partial charge in [0.25, 0.3) is 0 Å². The molecule has 21 nitrogen and oxygen atoms in total. The lowest BCUT2D eigenvalue weighted by Crippen LogP contribution is -2.86. The molecule has 0 aromatic rings. The highest BCUT2D eigenvalue weighted by Crippen LogP contribution is 2.49. The zero-order valence-electron chi connectivity index (χ0n) is 29.6. The highest BCUT2D eigenvalue weighted by atomic mass is 28.6. The van der Waals surface area contributed by atoms with Gasteiger partial charge in [-0.25, -0.2) is 0 Å². The Hall–Kier alpha value is 2.20. The quantitative estimate of drug-likeness (QED) is 0.316. The SMILES string of the molecule is C[Si]12O[Si]3(C)O[Si](C)(O1)O[Si]1(C)O[Si](C)(O[Si](C)(O1)O3)O2.C[Si]12O[Si]3(C)O[Si]4(C)O[Si](C)(O1)O[Si]1(C)O[Si](C)(O2)O[Si](C)(O3)O[Si](C)(O4)O1. The highest BCUT2D eigenvalue weighted by molar-refractivity contribution is 7.03. The molecule has 0 aliphatic carbocycles. The number of rotatable bonds is 0. The molecule has 11 fully saturated rings. The lowest BCUT2D eigenvalue weighted by molar-refractivity contribution is -0.0231. The van der Waals surface area contributed by atoms with E-state index in [1.165, 1.54) is 0 Å². The topological polar surface area (TPSA) is 194 Å². The lowest BCUT2D eigenvalue weighted by atomic mass is 11.9. The molecular weight excluding hydrogens is 897 g/mol. The molecule has 0 aromatic heterocycles. The Kier molecular flexibility index (Phi) is 8.22. The summed E-state index contributed by atoms with van der Waals surface area (Å²) >= 11 is 0. The van der Waals surface area contributed by atoms with Gasteiger partial charge in [0, 0.05) is 91.7 Å². The van der Waals surface area contributed by atoms with Crippen molar-refractivity contribution < 1.29 is 86.4 Å². The van der Waals surface area contributed by atoms with Crippen molar-refractivity contribution in [2.24, 2.45) is 0 Å². The van der Waals surface area contributed by atoms with Gasteiger partial charge < -0.3 is 86.4 Å². The molecule has 0 amide bonds. The highest BCUT2D eigenvalue weighted by Gasteiger charge is 2.80. The van der Waals surface area contributed by atoms with E-state index in [1.807, 2.05) is 39.3 Å². The van der Waals surface area contributed by atoms with Gasteiger partial charge in [0.1, 0.15) is 0 Å². The molecule has 11 rings (SSSR count). The minimum absolute atomic E-state index is 1.75. The molecule has 280 valence electrons. The van der Waals surface area contributed by atoms with Crippen molar-refractivity contribution in [1.29, 1.82) is 0 Å². The van der Waals surface area contributed by atoms with Crippen molar-refractivity contribution in [3.8, 4) is 0 Å². The van der Waals surface area contributed by atoms with Gasteiger partial charge in [-0.15, -0.1) is 0 Å².